The highest BCUT2D eigenvalue weighted by molar-refractivity contribution is 5.83. The molecule has 7 nitrogen and oxygen atoms in total. The summed E-state index contributed by atoms with van der Waals surface area (Å²) in [5.74, 6) is -0.676. The van der Waals surface area contributed by atoms with Crippen molar-refractivity contribution in [3.63, 3.8) is 0 Å². The Bertz CT molecular complexity index is 931. The molecule has 1 fully saturated rings. The van der Waals surface area contributed by atoms with Crippen molar-refractivity contribution >= 4 is 22.8 Å². The van der Waals surface area contributed by atoms with Gasteiger partial charge in [0, 0.05) is 19.0 Å². The van der Waals surface area contributed by atoms with E-state index in [4.69, 9.17) is 4.74 Å². The number of aryl methyl sites for hydroxylation is 2. The Morgan fingerprint density at radius 3 is 2.79 bits per heavy atom. The van der Waals surface area contributed by atoms with Crippen LogP contribution >= 0.6 is 0 Å². The molecule has 1 amide bonds. The van der Waals surface area contributed by atoms with Crippen molar-refractivity contribution in [1.82, 2.24) is 14.9 Å². The smallest absolute Gasteiger partial charge is 0.306 e. The molecule has 3 rings (SSSR count). The summed E-state index contributed by atoms with van der Waals surface area (Å²) in [7, 11) is 0. The van der Waals surface area contributed by atoms with Crippen LogP contribution in [0.1, 0.15) is 57.4 Å². The normalized spacial score (nSPS) is 15.8. The number of ether oxygens (including phenoxy) is 1. The summed E-state index contributed by atoms with van der Waals surface area (Å²) in [4.78, 5) is 41.2. The van der Waals surface area contributed by atoms with E-state index in [-0.39, 0.29) is 23.9 Å². The largest absolute Gasteiger partial charge is 0.453 e. The molecule has 1 aromatic carbocycles. The molecule has 1 N–H and O–H groups in total. The van der Waals surface area contributed by atoms with Crippen molar-refractivity contribution in [2.24, 2.45) is 0 Å². The molecule has 1 atom stereocenters. The van der Waals surface area contributed by atoms with E-state index in [2.05, 4.69) is 10.3 Å². The number of esters is 1. The summed E-state index contributed by atoms with van der Waals surface area (Å²) in [6, 6.07) is 5.70. The third-order valence-electron chi connectivity index (χ3n) is 5.46. The minimum atomic E-state index is -0.808. The molecule has 29 heavy (non-hydrogen) atoms. The number of hydrogen-bond donors (Lipinski definition) is 1. The lowest BCUT2D eigenvalue weighted by molar-refractivity contribution is -0.155. The van der Waals surface area contributed by atoms with Crippen LogP contribution in [0.5, 0.6) is 0 Å². The zero-order chi connectivity index (χ0) is 20.8. The molecule has 0 spiro atoms. The second-order valence-corrected chi connectivity index (χ2v) is 7.79. The first-order chi connectivity index (χ1) is 14.0. The Morgan fingerprint density at radius 2 is 2.03 bits per heavy atom. The number of amides is 1. The fraction of sp³-hybridized carbons (Fsp3) is 0.545. The van der Waals surface area contributed by atoms with E-state index >= 15 is 0 Å². The van der Waals surface area contributed by atoms with Gasteiger partial charge in [-0.2, -0.15) is 0 Å². The van der Waals surface area contributed by atoms with Crippen molar-refractivity contribution < 1.29 is 14.3 Å². The van der Waals surface area contributed by atoms with Crippen LogP contribution in [0.15, 0.2) is 29.3 Å². The van der Waals surface area contributed by atoms with E-state index in [0.717, 1.165) is 31.2 Å². The van der Waals surface area contributed by atoms with Gasteiger partial charge in [-0.15, -0.1) is 0 Å². The fourth-order valence-corrected chi connectivity index (χ4v) is 3.77. The number of nitrogens with one attached hydrogen (secondary N) is 1. The van der Waals surface area contributed by atoms with Gasteiger partial charge in [0.1, 0.15) is 0 Å². The fourth-order valence-electron chi connectivity index (χ4n) is 3.77. The van der Waals surface area contributed by atoms with E-state index in [9.17, 15) is 14.4 Å². The molecule has 0 aliphatic heterocycles. The SMILES string of the molecule is Cc1cccc2c(=O)n(CCCC(=O)O[C@H](C)C(=O)NC3CCCCC3)cnc12. The van der Waals surface area contributed by atoms with Crippen LogP contribution in [0.3, 0.4) is 0 Å². The monoisotopic (exact) mass is 399 g/mol. The first-order valence-corrected chi connectivity index (χ1v) is 10.4. The average molecular weight is 399 g/mol. The maximum Gasteiger partial charge on any atom is 0.306 e. The van der Waals surface area contributed by atoms with E-state index in [0.29, 0.717) is 23.9 Å². The molecule has 1 saturated carbocycles. The molecule has 2 aromatic rings. The number of carbonyl (C=O) groups excluding carboxylic acids is 2. The Labute approximate surface area is 170 Å². The van der Waals surface area contributed by atoms with Gasteiger partial charge >= 0.3 is 5.97 Å². The first kappa shape index (κ1) is 21.0. The zero-order valence-electron chi connectivity index (χ0n) is 17.1. The molecule has 7 heteroatoms. The Hall–Kier alpha value is -2.70. The van der Waals surface area contributed by atoms with Crippen molar-refractivity contribution in [3.05, 3.63) is 40.4 Å². The van der Waals surface area contributed by atoms with Crippen LogP contribution < -0.4 is 10.9 Å². The topological polar surface area (TPSA) is 90.3 Å². The van der Waals surface area contributed by atoms with Crippen LogP contribution in [0.2, 0.25) is 0 Å². The molecule has 1 aliphatic carbocycles. The van der Waals surface area contributed by atoms with Crippen LogP contribution in [0, 0.1) is 6.92 Å². The second kappa shape index (κ2) is 9.67. The van der Waals surface area contributed by atoms with E-state index in [1.807, 2.05) is 19.1 Å². The lowest BCUT2D eigenvalue weighted by atomic mass is 9.95. The van der Waals surface area contributed by atoms with E-state index in [1.165, 1.54) is 17.3 Å². The van der Waals surface area contributed by atoms with Gasteiger partial charge < -0.3 is 10.1 Å². The van der Waals surface area contributed by atoms with E-state index in [1.54, 1.807) is 13.0 Å². The minimum Gasteiger partial charge on any atom is -0.453 e. The van der Waals surface area contributed by atoms with Crippen LogP contribution in [-0.4, -0.2) is 33.6 Å². The third kappa shape index (κ3) is 5.43. The first-order valence-electron chi connectivity index (χ1n) is 10.4. The summed E-state index contributed by atoms with van der Waals surface area (Å²) in [5, 5.41) is 3.54. The molecule has 0 radical (unpaired) electrons. The summed E-state index contributed by atoms with van der Waals surface area (Å²) in [6.07, 6.45) is 6.73. The molecule has 1 aliphatic rings. The van der Waals surface area contributed by atoms with Gasteiger partial charge in [-0.05, 0) is 44.7 Å². The number of aromatic nitrogens is 2. The average Bonchev–Trinajstić information content (AvgIpc) is 2.71. The van der Waals surface area contributed by atoms with Gasteiger partial charge in [0.25, 0.3) is 11.5 Å². The lowest BCUT2D eigenvalue weighted by Gasteiger charge is -2.24. The van der Waals surface area contributed by atoms with Crippen LogP contribution in [0.25, 0.3) is 10.9 Å². The van der Waals surface area contributed by atoms with E-state index < -0.39 is 12.1 Å². The maximum atomic E-state index is 12.6. The molecule has 156 valence electrons. The van der Waals surface area contributed by atoms with Crippen LogP contribution in [-0.2, 0) is 20.9 Å². The minimum absolute atomic E-state index is 0.118. The van der Waals surface area contributed by atoms with Gasteiger partial charge in [0.05, 0.1) is 17.2 Å². The second-order valence-electron chi connectivity index (χ2n) is 7.79. The number of hydrogen-bond acceptors (Lipinski definition) is 5. The van der Waals surface area contributed by atoms with Crippen molar-refractivity contribution in [2.75, 3.05) is 0 Å². The molecular formula is C22H29N3O4. The van der Waals surface area contributed by atoms with Gasteiger partial charge in [-0.3, -0.25) is 19.0 Å². The number of rotatable bonds is 7. The highest BCUT2D eigenvalue weighted by atomic mass is 16.5. The highest BCUT2D eigenvalue weighted by Gasteiger charge is 2.22. The van der Waals surface area contributed by atoms with Crippen molar-refractivity contribution in [2.45, 2.75) is 77.5 Å². The number of fused-ring (bicyclic) bond motifs is 1. The van der Waals surface area contributed by atoms with Gasteiger partial charge in [-0.1, -0.05) is 31.4 Å². The highest BCUT2D eigenvalue weighted by Crippen LogP contribution is 2.17. The number of para-hydroxylation sites is 1. The van der Waals surface area contributed by atoms with Gasteiger partial charge in [0.15, 0.2) is 6.10 Å². The quantitative estimate of drug-likeness (QED) is 0.723. The molecule has 1 heterocycles. The Morgan fingerprint density at radius 1 is 1.28 bits per heavy atom. The van der Waals surface area contributed by atoms with Crippen molar-refractivity contribution in [3.8, 4) is 0 Å². The molecule has 1 aromatic heterocycles. The molecular weight excluding hydrogens is 370 g/mol. The molecule has 0 saturated heterocycles. The number of benzene rings is 1. The third-order valence-corrected chi connectivity index (χ3v) is 5.46. The summed E-state index contributed by atoms with van der Waals surface area (Å²) in [6.45, 7) is 3.88. The summed E-state index contributed by atoms with van der Waals surface area (Å²) in [5.41, 5.74) is 1.54. The summed E-state index contributed by atoms with van der Waals surface area (Å²) >= 11 is 0. The van der Waals surface area contributed by atoms with Gasteiger partial charge in [0.2, 0.25) is 0 Å². The maximum absolute atomic E-state index is 12.6. The summed E-state index contributed by atoms with van der Waals surface area (Å²) < 4.78 is 6.76. The number of nitrogens with zero attached hydrogens (tertiary/aromatic N) is 2. The molecule has 0 unspecified atom stereocenters. The standard InChI is InChI=1S/C22H29N3O4/c1-15-8-6-11-18-20(15)23-14-25(22(18)28)13-7-12-19(26)29-16(2)21(27)24-17-9-4-3-5-10-17/h6,8,11,14,16-17H,3-5,7,9-10,12-13H2,1-2H3,(H,24,27)/t16-/m1/s1. The predicted molar refractivity (Wildman–Crippen MR) is 111 cm³/mol. The van der Waals surface area contributed by atoms with Crippen LogP contribution in [0.4, 0.5) is 0 Å². The Balaban J connectivity index is 1.47. The van der Waals surface area contributed by atoms with Crippen molar-refractivity contribution in [1.29, 1.82) is 0 Å². The lowest BCUT2D eigenvalue weighted by Crippen LogP contribution is -2.42. The van der Waals surface area contributed by atoms with Gasteiger partial charge in [-0.25, -0.2) is 4.98 Å². The molecule has 0 bridgehead atoms. The Kier molecular flexibility index (Phi) is 7.01. The zero-order valence-corrected chi connectivity index (χ0v) is 17.1. The number of carbonyl (C=O) groups is 2. The predicted octanol–water partition coefficient (Wildman–Crippen LogP) is 2.87.